The summed E-state index contributed by atoms with van der Waals surface area (Å²) in [5, 5.41) is 3.64. The molecule has 1 heterocycles. The summed E-state index contributed by atoms with van der Waals surface area (Å²) in [6.07, 6.45) is 0.828. The molecule has 0 aliphatic rings. The van der Waals surface area contributed by atoms with Gasteiger partial charge in [0.15, 0.2) is 0 Å². The Bertz CT molecular complexity index is 944. The van der Waals surface area contributed by atoms with Gasteiger partial charge in [-0.25, -0.2) is 0 Å². The second-order valence-electron chi connectivity index (χ2n) is 9.55. The third-order valence-corrected chi connectivity index (χ3v) is 12.9. The molecule has 0 N–H and O–H groups in total. The van der Waals surface area contributed by atoms with Crippen LogP contribution < -0.4 is 18.9 Å². The second-order valence-corrected chi connectivity index (χ2v) is 15.2. The number of methoxy groups -OCH3 is 1. The molecule has 156 valence electrons. The monoisotopic (exact) mass is 433 g/mol. The average Bonchev–Trinajstić information content (AvgIpc) is 2.54. The topological polar surface area (TPSA) is 9.23 Å². The van der Waals surface area contributed by atoms with E-state index in [1.54, 1.807) is 10.1 Å². The van der Waals surface area contributed by atoms with Crippen molar-refractivity contribution in [1.82, 2.24) is 0 Å². The predicted molar refractivity (Wildman–Crippen MR) is 133 cm³/mol. The Labute approximate surface area is 197 Å². The van der Waals surface area contributed by atoms with Crippen molar-refractivity contribution < 1.29 is 23.6 Å². The Kier molecular flexibility index (Phi) is 8.06. The van der Waals surface area contributed by atoms with Gasteiger partial charge in [-0.2, -0.15) is 0 Å². The van der Waals surface area contributed by atoms with Gasteiger partial charge in [0.1, 0.15) is 6.35 Å². The van der Waals surface area contributed by atoms with Gasteiger partial charge in [0.05, 0.1) is 10.1 Å². The molecule has 1 aromatic heterocycles. The summed E-state index contributed by atoms with van der Waals surface area (Å²) in [5.41, 5.74) is 11.5. The van der Waals surface area contributed by atoms with Gasteiger partial charge in [-0.3, -0.25) is 0 Å². The third kappa shape index (κ3) is 4.58. The van der Waals surface area contributed by atoms with E-state index >= 15 is 0 Å². The summed E-state index contributed by atoms with van der Waals surface area (Å²) in [6.45, 7) is 20.9. The van der Waals surface area contributed by atoms with Crippen LogP contribution in [-0.2, 0) is 16.2 Å². The predicted octanol–water partition coefficient (Wildman–Crippen LogP) is 6.21. The Balaban J connectivity index is 0.00000320. The molecule has 0 saturated heterocycles. The van der Waals surface area contributed by atoms with Crippen LogP contribution in [0.2, 0.25) is 0 Å². The number of ether oxygens (including phenoxy) is 1. The Morgan fingerprint density at radius 2 is 1.27 bits per heavy atom. The van der Waals surface area contributed by atoms with Crippen molar-refractivity contribution in [3.8, 4) is 21.2 Å². The van der Waals surface area contributed by atoms with E-state index in [0.717, 1.165) is 6.35 Å². The summed E-state index contributed by atoms with van der Waals surface area (Å²) < 4.78 is 5.81. The molecule has 0 unspecified atom stereocenters. The molecule has 0 bridgehead atoms. The summed E-state index contributed by atoms with van der Waals surface area (Å²) >= 11 is 0. The molecule has 30 heavy (non-hydrogen) atoms. The average molecular weight is 433 g/mol. The SMILES string of the molecule is COC[p+]1c(-c2c(C)cc(C)cc2C)p(C(C)(C)C)[c-]1-c1c(C)cc(C)cc1C.[Li+]. The van der Waals surface area contributed by atoms with E-state index in [-0.39, 0.29) is 31.6 Å². The van der Waals surface area contributed by atoms with Gasteiger partial charge in [-0.15, -0.1) is 11.1 Å². The minimum absolute atomic E-state index is 0. The van der Waals surface area contributed by atoms with E-state index in [1.807, 2.05) is 7.11 Å². The zero-order chi connectivity index (χ0) is 21.7. The van der Waals surface area contributed by atoms with Crippen LogP contribution in [-0.4, -0.2) is 7.11 Å². The van der Waals surface area contributed by atoms with Gasteiger partial charge >= 0.3 is 18.9 Å². The Morgan fingerprint density at radius 1 is 0.833 bits per heavy atom. The molecule has 2 aromatic carbocycles. The van der Waals surface area contributed by atoms with Crippen LogP contribution in [0.5, 0.6) is 0 Å². The normalized spacial score (nSPS) is 12.9. The summed E-state index contributed by atoms with van der Waals surface area (Å²) in [4.78, 5) is 0. The smallest absolute Gasteiger partial charge is 0.365 e. The van der Waals surface area contributed by atoms with Crippen LogP contribution >= 0.6 is 15.1 Å². The minimum Gasteiger partial charge on any atom is -0.365 e. The van der Waals surface area contributed by atoms with Gasteiger partial charge in [0.2, 0.25) is 0 Å². The second kappa shape index (κ2) is 9.45. The molecule has 0 radical (unpaired) electrons. The van der Waals surface area contributed by atoms with Crippen LogP contribution in [0, 0.1) is 41.5 Å². The first-order valence-corrected chi connectivity index (χ1v) is 13.3. The maximum Gasteiger partial charge on any atom is 1.00 e. The molecule has 3 aromatic rings. The Hall–Kier alpha value is -0.663. The van der Waals surface area contributed by atoms with E-state index < -0.39 is 7.53 Å². The molecule has 0 atom stereocenters. The first-order valence-electron chi connectivity index (χ1n) is 10.4. The quantitative estimate of drug-likeness (QED) is 0.351. The van der Waals surface area contributed by atoms with E-state index in [4.69, 9.17) is 4.74 Å². The molecule has 0 aliphatic carbocycles. The first-order chi connectivity index (χ1) is 13.5. The number of rotatable bonds is 4. The zero-order valence-electron chi connectivity index (χ0n) is 20.8. The van der Waals surface area contributed by atoms with Crippen molar-refractivity contribution in [3.63, 3.8) is 0 Å². The summed E-state index contributed by atoms with van der Waals surface area (Å²) in [7, 11) is 1.06. The van der Waals surface area contributed by atoms with Crippen molar-refractivity contribution in [3.05, 3.63) is 57.6 Å². The first kappa shape index (κ1) is 25.6. The number of aryl methyl sites for hydroxylation is 6. The molecular weight excluding hydrogens is 397 g/mol. The number of hydrogen-bond donors (Lipinski definition) is 0. The van der Waals surface area contributed by atoms with Crippen molar-refractivity contribution >= 4 is 15.1 Å². The van der Waals surface area contributed by atoms with Crippen molar-refractivity contribution in [2.24, 2.45) is 0 Å². The molecule has 0 fully saturated rings. The van der Waals surface area contributed by atoms with Gasteiger partial charge in [0, 0.05) is 12.3 Å². The molecule has 0 amide bonds. The van der Waals surface area contributed by atoms with Crippen LogP contribution in [0.15, 0.2) is 24.3 Å². The zero-order valence-corrected chi connectivity index (χ0v) is 22.6. The van der Waals surface area contributed by atoms with Gasteiger partial charge in [0.25, 0.3) is 0 Å². The fourth-order valence-corrected chi connectivity index (χ4v) is 14.0. The van der Waals surface area contributed by atoms with E-state index in [2.05, 4.69) is 86.6 Å². The standard InChI is InChI=1S/C26H36OP2.Li/c1-16-11-18(3)22(19(4)12-16)24-28(15-27-10)25(29(24)26(7,8)9)23-20(5)13-17(2)14-21(23)6;/h11-14H,15H2,1-10H3;/q;+1. The van der Waals surface area contributed by atoms with Crippen molar-refractivity contribution in [2.75, 3.05) is 7.11 Å². The molecule has 0 spiro atoms. The number of hydrogen-bond acceptors (Lipinski definition) is 1. The minimum atomic E-state index is -0.425. The van der Waals surface area contributed by atoms with Crippen molar-refractivity contribution in [2.45, 2.75) is 73.8 Å². The fourth-order valence-electron chi connectivity index (χ4n) is 4.84. The van der Waals surface area contributed by atoms with Crippen LogP contribution in [0.3, 0.4) is 0 Å². The Morgan fingerprint density at radius 3 is 1.67 bits per heavy atom. The van der Waals surface area contributed by atoms with Gasteiger partial charge < -0.3 is 4.74 Å². The van der Waals surface area contributed by atoms with Crippen molar-refractivity contribution in [1.29, 1.82) is 0 Å². The summed E-state index contributed by atoms with van der Waals surface area (Å²) in [6, 6.07) is 9.41. The molecular formula is C26H36LiOP2+. The van der Waals surface area contributed by atoms with Crippen LogP contribution in [0.4, 0.5) is 0 Å². The van der Waals surface area contributed by atoms with E-state index in [0.29, 0.717) is 0 Å². The van der Waals surface area contributed by atoms with E-state index in [9.17, 15) is 0 Å². The van der Waals surface area contributed by atoms with E-state index in [1.165, 1.54) is 44.5 Å². The van der Waals surface area contributed by atoms with Crippen LogP contribution in [0.25, 0.3) is 21.2 Å². The van der Waals surface area contributed by atoms with Gasteiger partial charge in [-0.1, -0.05) is 62.3 Å². The third-order valence-electron chi connectivity index (χ3n) is 5.67. The largest absolute Gasteiger partial charge is 1.00 e. The molecule has 4 heteroatoms. The molecule has 1 nitrogen and oxygen atoms in total. The maximum atomic E-state index is 5.81. The van der Waals surface area contributed by atoms with Crippen LogP contribution in [0.1, 0.15) is 54.2 Å². The summed E-state index contributed by atoms with van der Waals surface area (Å²) in [5.74, 6) is 0. The molecule has 0 aliphatic heterocycles. The fraction of sp³-hybridized carbons (Fsp3) is 0.462. The maximum absolute atomic E-state index is 5.81. The van der Waals surface area contributed by atoms with Gasteiger partial charge in [-0.05, 0) is 72.7 Å². The number of benzene rings is 2. The molecule has 0 saturated carbocycles. The molecule has 3 rings (SSSR count).